The van der Waals surface area contributed by atoms with Gasteiger partial charge in [-0.15, -0.1) is 0 Å². The minimum atomic E-state index is -0.501. The number of nitrogens with zero attached hydrogens (tertiary/aromatic N) is 1. The fraction of sp³-hybridized carbons (Fsp3) is 0.200. The fourth-order valence-electron chi connectivity index (χ4n) is 3.64. The monoisotopic (exact) mass is 385 g/mol. The lowest BCUT2D eigenvalue weighted by atomic mass is 9.99. The number of anilines is 1. The molecule has 0 bridgehead atoms. The zero-order chi connectivity index (χ0) is 20.1. The molecule has 1 saturated heterocycles. The van der Waals surface area contributed by atoms with Crippen molar-refractivity contribution >= 4 is 17.4 Å². The molecule has 1 heterocycles. The van der Waals surface area contributed by atoms with Gasteiger partial charge in [0, 0.05) is 25.2 Å². The smallest absolute Gasteiger partial charge is 0.313 e. The molecule has 3 aromatic carbocycles. The highest BCUT2D eigenvalue weighted by molar-refractivity contribution is 5.97. The molecule has 146 valence electrons. The van der Waals surface area contributed by atoms with Crippen molar-refractivity contribution in [2.75, 3.05) is 4.90 Å². The zero-order valence-corrected chi connectivity index (χ0v) is 16.2. The number of carbonyl (C=O) groups excluding carboxylic acids is 2. The number of carbonyl (C=O) groups is 2. The predicted octanol–water partition coefficient (Wildman–Crippen LogP) is 4.84. The molecule has 1 aliphatic rings. The van der Waals surface area contributed by atoms with E-state index in [1.807, 2.05) is 54.6 Å². The molecule has 4 nitrogen and oxygen atoms in total. The van der Waals surface area contributed by atoms with Gasteiger partial charge in [0.2, 0.25) is 0 Å². The van der Waals surface area contributed by atoms with Crippen molar-refractivity contribution < 1.29 is 14.3 Å². The Kier molecular flexibility index (Phi) is 5.71. The molecule has 0 spiro atoms. The standard InChI is InChI=1S/C25H23NO3/c27-23-15-24(29-25(28)16-23)21-12-7-13-22(14-21)26(17-19-8-3-1-4-9-19)18-20-10-5-2-6-11-20/h1-14,24H,15-18H2. The minimum absolute atomic E-state index is 0.0675. The van der Waals surface area contributed by atoms with Gasteiger partial charge in [0.25, 0.3) is 0 Å². The molecule has 0 saturated carbocycles. The van der Waals surface area contributed by atoms with Gasteiger partial charge in [-0.1, -0.05) is 72.8 Å². The van der Waals surface area contributed by atoms with Crippen LogP contribution in [0.15, 0.2) is 84.9 Å². The molecule has 3 aromatic rings. The number of Topliss-reactive ketones (excluding diaryl/α,β-unsaturated/α-hetero) is 1. The average molecular weight is 385 g/mol. The van der Waals surface area contributed by atoms with Crippen LogP contribution in [0, 0.1) is 0 Å². The van der Waals surface area contributed by atoms with Crippen LogP contribution in [0.1, 0.15) is 35.6 Å². The molecule has 29 heavy (non-hydrogen) atoms. The van der Waals surface area contributed by atoms with Crippen LogP contribution >= 0.6 is 0 Å². The molecule has 0 amide bonds. The van der Waals surface area contributed by atoms with Crippen LogP contribution in [0.25, 0.3) is 0 Å². The summed E-state index contributed by atoms with van der Waals surface area (Å²) in [7, 11) is 0. The number of hydrogen-bond acceptors (Lipinski definition) is 4. The summed E-state index contributed by atoms with van der Waals surface area (Å²) in [6.45, 7) is 1.51. The maximum atomic E-state index is 11.8. The summed E-state index contributed by atoms with van der Waals surface area (Å²) in [5, 5.41) is 0. The number of hydrogen-bond donors (Lipinski definition) is 0. The van der Waals surface area contributed by atoms with Gasteiger partial charge in [-0.05, 0) is 28.8 Å². The maximum Gasteiger partial charge on any atom is 0.313 e. The molecule has 1 unspecified atom stereocenters. The number of benzene rings is 3. The maximum absolute atomic E-state index is 11.8. The molecule has 1 fully saturated rings. The highest BCUT2D eigenvalue weighted by Crippen LogP contribution is 2.30. The van der Waals surface area contributed by atoms with Crippen LogP contribution in [0.3, 0.4) is 0 Å². The fourth-order valence-corrected chi connectivity index (χ4v) is 3.64. The lowest BCUT2D eigenvalue weighted by Gasteiger charge is -2.27. The van der Waals surface area contributed by atoms with Crippen LogP contribution < -0.4 is 4.90 Å². The summed E-state index contributed by atoms with van der Waals surface area (Å²) in [6.07, 6.45) is -0.379. The van der Waals surface area contributed by atoms with Crippen molar-refractivity contribution in [2.24, 2.45) is 0 Å². The second-order valence-electron chi connectivity index (χ2n) is 7.32. The average Bonchev–Trinajstić information content (AvgIpc) is 2.74. The first kappa shape index (κ1) is 18.9. The summed E-state index contributed by atoms with van der Waals surface area (Å²) in [5.74, 6) is -0.510. The van der Waals surface area contributed by atoms with E-state index in [1.54, 1.807) is 0 Å². The number of rotatable bonds is 6. The van der Waals surface area contributed by atoms with Crippen molar-refractivity contribution in [1.82, 2.24) is 0 Å². The number of cyclic esters (lactones) is 1. The van der Waals surface area contributed by atoms with Gasteiger partial charge in [0.1, 0.15) is 18.3 Å². The van der Waals surface area contributed by atoms with E-state index < -0.39 is 12.1 Å². The van der Waals surface area contributed by atoms with Gasteiger partial charge in [-0.25, -0.2) is 0 Å². The van der Waals surface area contributed by atoms with E-state index >= 15 is 0 Å². The lowest BCUT2D eigenvalue weighted by Crippen LogP contribution is -2.25. The first-order valence-corrected chi connectivity index (χ1v) is 9.81. The predicted molar refractivity (Wildman–Crippen MR) is 112 cm³/mol. The first-order chi connectivity index (χ1) is 14.2. The number of ketones is 1. The zero-order valence-electron chi connectivity index (χ0n) is 16.2. The first-order valence-electron chi connectivity index (χ1n) is 9.81. The summed E-state index contributed by atoms with van der Waals surface area (Å²) in [6, 6.07) is 28.6. The van der Waals surface area contributed by atoms with Gasteiger partial charge < -0.3 is 9.64 Å². The van der Waals surface area contributed by atoms with Crippen molar-refractivity contribution in [3.63, 3.8) is 0 Å². The van der Waals surface area contributed by atoms with Crippen molar-refractivity contribution in [3.8, 4) is 0 Å². The lowest BCUT2D eigenvalue weighted by molar-refractivity contribution is -0.158. The molecule has 0 radical (unpaired) electrons. The Morgan fingerprint density at radius 2 is 1.41 bits per heavy atom. The summed E-state index contributed by atoms with van der Waals surface area (Å²) in [5.41, 5.74) is 4.32. The molecule has 0 N–H and O–H groups in total. The van der Waals surface area contributed by atoms with Gasteiger partial charge in [-0.2, -0.15) is 0 Å². The van der Waals surface area contributed by atoms with Gasteiger partial charge in [0.15, 0.2) is 0 Å². The Morgan fingerprint density at radius 3 is 2.00 bits per heavy atom. The normalized spacial score (nSPS) is 16.3. The number of ether oxygens (including phenoxy) is 1. The topological polar surface area (TPSA) is 46.6 Å². The third-order valence-electron chi connectivity index (χ3n) is 5.07. The molecule has 1 atom stereocenters. The van der Waals surface area contributed by atoms with Crippen LogP contribution in [0.4, 0.5) is 5.69 Å². The quantitative estimate of drug-likeness (QED) is 0.450. The van der Waals surface area contributed by atoms with Gasteiger partial charge >= 0.3 is 5.97 Å². The second kappa shape index (κ2) is 8.74. The Labute approximate surface area is 170 Å². The number of esters is 1. The largest absolute Gasteiger partial charge is 0.457 e. The van der Waals surface area contributed by atoms with Gasteiger partial charge in [0.05, 0.1) is 0 Å². The van der Waals surface area contributed by atoms with Gasteiger partial charge in [-0.3, -0.25) is 9.59 Å². The van der Waals surface area contributed by atoms with E-state index in [9.17, 15) is 9.59 Å². The van der Waals surface area contributed by atoms with Crippen molar-refractivity contribution in [3.05, 3.63) is 102 Å². The highest BCUT2D eigenvalue weighted by Gasteiger charge is 2.28. The minimum Gasteiger partial charge on any atom is -0.457 e. The van der Waals surface area contributed by atoms with E-state index in [-0.39, 0.29) is 18.6 Å². The summed E-state index contributed by atoms with van der Waals surface area (Å²) in [4.78, 5) is 25.8. The SMILES string of the molecule is O=C1CC(=O)OC(c2cccc(N(Cc3ccccc3)Cc3ccccc3)c2)C1. The Morgan fingerprint density at radius 1 is 0.793 bits per heavy atom. The second-order valence-corrected chi connectivity index (χ2v) is 7.32. The van der Waals surface area contributed by atoms with E-state index in [0.717, 1.165) is 24.3 Å². The van der Waals surface area contributed by atoms with E-state index in [1.165, 1.54) is 11.1 Å². The Bertz CT molecular complexity index is 928. The molecule has 0 aromatic heterocycles. The van der Waals surface area contributed by atoms with E-state index in [0.29, 0.717) is 0 Å². The van der Waals surface area contributed by atoms with Crippen molar-refractivity contribution in [1.29, 1.82) is 0 Å². The summed E-state index contributed by atoms with van der Waals surface area (Å²) >= 11 is 0. The molecule has 4 heteroatoms. The van der Waals surface area contributed by atoms with Crippen LogP contribution in [0.5, 0.6) is 0 Å². The highest BCUT2D eigenvalue weighted by atomic mass is 16.5. The third kappa shape index (κ3) is 4.91. The van der Waals surface area contributed by atoms with E-state index in [4.69, 9.17) is 4.74 Å². The van der Waals surface area contributed by atoms with Crippen molar-refractivity contribution in [2.45, 2.75) is 32.0 Å². The van der Waals surface area contributed by atoms with Crippen LogP contribution in [0.2, 0.25) is 0 Å². The van der Waals surface area contributed by atoms with Crippen LogP contribution in [-0.4, -0.2) is 11.8 Å². The Balaban J connectivity index is 1.63. The molecule has 1 aliphatic heterocycles. The molecular formula is C25H23NO3. The summed E-state index contributed by atoms with van der Waals surface area (Å²) < 4.78 is 5.44. The molecular weight excluding hydrogens is 362 g/mol. The third-order valence-corrected chi connectivity index (χ3v) is 5.07. The Hall–Kier alpha value is -3.40. The molecule has 4 rings (SSSR count). The van der Waals surface area contributed by atoms with E-state index in [2.05, 4.69) is 35.2 Å². The van der Waals surface area contributed by atoms with Crippen LogP contribution in [-0.2, 0) is 27.4 Å². The molecule has 0 aliphatic carbocycles.